The largest absolute Gasteiger partial charge is 0.463 e. The number of hydrogen-bond acceptors (Lipinski definition) is 4. The van der Waals surface area contributed by atoms with Gasteiger partial charge in [0.05, 0.1) is 13.7 Å². The molecule has 20 heavy (non-hydrogen) atoms. The van der Waals surface area contributed by atoms with Gasteiger partial charge in [0.25, 0.3) is 0 Å². The van der Waals surface area contributed by atoms with Crippen LogP contribution in [-0.2, 0) is 24.9 Å². The molecule has 6 heteroatoms. The molecule has 2 aromatic heterocycles. The van der Waals surface area contributed by atoms with Gasteiger partial charge in [-0.1, -0.05) is 0 Å². The van der Waals surface area contributed by atoms with Gasteiger partial charge in [-0.25, -0.2) is 4.79 Å². The average molecular weight is 341 g/mol. The number of nitrogens with zero attached hydrogens (tertiary/aromatic N) is 2. The maximum absolute atomic E-state index is 11.3. The quantitative estimate of drug-likeness (QED) is 0.785. The second kappa shape index (κ2) is 6.28. The molecule has 2 rings (SSSR count). The summed E-state index contributed by atoms with van der Waals surface area (Å²) in [6, 6.07) is 5.51. The monoisotopic (exact) mass is 340 g/mol. The van der Waals surface area contributed by atoms with Crippen LogP contribution in [0.4, 0.5) is 0 Å². The van der Waals surface area contributed by atoms with Crippen molar-refractivity contribution in [3.8, 4) is 0 Å². The molecule has 0 saturated heterocycles. The van der Waals surface area contributed by atoms with Crippen molar-refractivity contribution in [2.24, 2.45) is 7.05 Å². The van der Waals surface area contributed by atoms with E-state index in [4.69, 9.17) is 4.42 Å². The molecule has 0 aromatic carbocycles. The molecule has 0 unspecified atom stereocenters. The minimum Gasteiger partial charge on any atom is -0.463 e. The van der Waals surface area contributed by atoms with Crippen LogP contribution in [0.5, 0.6) is 0 Å². The van der Waals surface area contributed by atoms with E-state index in [9.17, 15) is 4.79 Å². The van der Waals surface area contributed by atoms with Crippen LogP contribution in [0, 0.1) is 0 Å². The standard InChI is InChI=1S/C14H17BrN2O3/c1-16(8-11-6-10(15)7-17(11)2)9-12-4-5-13(20-12)14(18)19-3/h4-7H,8-9H2,1-3H3. The van der Waals surface area contributed by atoms with Crippen LogP contribution in [-0.4, -0.2) is 29.6 Å². The Labute approximate surface area is 126 Å². The lowest BCUT2D eigenvalue weighted by Gasteiger charge is -2.15. The van der Waals surface area contributed by atoms with E-state index < -0.39 is 5.97 Å². The normalized spacial score (nSPS) is 11.1. The van der Waals surface area contributed by atoms with Gasteiger partial charge in [-0.2, -0.15) is 0 Å². The summed E-state index contributed by atoms with van der Waals surface area (Å²) in [5.41, 5.74) is 1.19. The third kappa shape index (κ3) is 3.52. The lowest BCUT2D eigenvalue weighted by atomic mass is 10.3. The number of carbonyl (C=O) groups is 1. The van der Waals surface area contributed by atoms with E-state index >= 15 is 0 Å². The summed E-state index contributed by atoms with van der Waals surface area (Å²) < 4.78 is 13.2. The van der Waals surface area contributed by atoms with Gasteiger partial charge in [0.15, 0.2) is 0 Å². The molecule has 0 aliphatic heterocycles. The van der Waals surface area contributed by atoms with E-state index in [0.717, 1.165) is 16.8 Å². The number of esters is 1. The van der Waals surface area contributed by atoms with Crippen LogP contribution in [0.15, 0.2) is 33.3 Å². The third-order valence-electron chi connectivity index (χ3n) is 2.98. The Morgan fingerprint density at radius 1 is 1.45 bits per heavy atom. The Morgan fingerprint density at radius 2 is 2.20 bits per heavy atom. The minimum atomic E-state index is -0.453. The molecule has 0 bridgehead atoms. The van der Waals surface area contributed by atoms with E-state index in [2.05, 4.69) is 36.2 Å². The van der Waals surface area contributed by atoms with Crippen molar-refractivity contribution in [1.82, 2.24) is 9.47 Å². The lowest BCUT2D eigenvalue weighted by molar-refractivity contribution is 0.0561. The van der Waals surface area contributed by atoms with Crippen molar-refractivity contribution in [2.45, 2.75) is 13.1 Å². The van der Waals surface area contributed by atoms with Crippen molar-refractivity contribution in [2.75, 3.05) is 14.2 Å². The Hall–Kier alpha value is -1.53. The molecule has 0 aliphatic rings. The molecule has 0 amide bonds. The highest BCUT2D eigenvalue weighted by molar-refractivity contribution is 9.10. The second-order valence-electron chi connectivity index (χ2n) is 4.69. The maximum atomic E-state index is 11.3. The molecule has 0 spiro atoms. The first-order valence-electron chi connectivity index (χ1n) is 6.16. The van der Waals surface area contributed by atoms with Crippen molar-refractivity contribution in [1.29, 1.82) is 0 Å². The van der Waals surface area contributed by atoms with E-state index in [1.54, 1.807) is 12.1 Å². The van der Waals surface area contributed by atoms with Gasteiger partial charge in [-0.3, -0.25) is 4.90 Å². The molecular formula is C14H17BrN2O3. The third-order valence-corrected chi connectivity index (χ3v) is 3.41. The topological polar surface area (TPSA) is 47.6 Å². The molecule has 0 radical (unpaired) electrons. The van der Waals surface area contributed by atoms with E-state index in [-0.39, 0.29) is 5.76 Å². The molecule has 0 saturated carbocycles. The van der Waals surface area contributed by atoms with Crippen LogP contribution in [0.1, 0.15) is 22.0 Å². The Kier molecular flexibility index (Phi) is 4.67. The van der Waals surface area contributed by atoms with E-state index in [0.29, 0.717) is 6.54 Å². The van der Waals surface area contributed by atoms with Crippen LogP contribution < -0.4 is 0 Å². The van der Waals surface area contributed by atoms with Crippen molar-refractivity contribution >= 4 is 21.9 Å². The fraction of sp³-hybridized carbons (Fsp3) is 0.357. The zero-order valence-electron chi connectivity index (χ0n) is 11.7. The van der Waals surface area contributed by atoms with E-state index in [1.165, 1.54) is 12.8 Å². The number of ether oxygens (including phenoxy) is 1. The summed E-state index contributed by atoms with van der Waals surface area (Å²) in [6.45, 7) is 1.41. The first-order valence-corrected chi connectivity index (χ1v) is 6.95. The SMILES string of the molecule is COC(=O)c1ccc(CN(C)Cc2cc(Br)cn2C)o1. The van der Waals surface area contributed by atoms with Crippen molar-refractivity contribution in [3.63, 3.8) is 0 Å². The smallest absolute Gasteiger partial charge is 0.373 e. The number of rotatable bonds is 5. The summed E-state index contributed by atoms with van der Waals surface area (Å²) in [5.74, 6) is 0.518. The highest BCUT2D eigenvalue weighted by Gasteiger charge is 2.13. The highest BCUT2D eigenvalue weighted by atomic mass is 79.9. The van der Waals surface area contributed by atoms with Gasteiger partial charge < -0.3 is 13.7 Å². The number of aryl methyl sites for hydroxylation is 1. The number of carbonyl (C=O) groups excluding carboxylic acids is 1. The first-order chi connectivity index (χ1) is 9.49. The molecule has 0 N–H and O–H groups in total. The van der Waals surface area contributed by atoms with Crippen LogP contribution >= 0.6 is 15.9 Å². The fourth-order valence-electron chi connectivity index (χ4n) is 2.00. The summed E-state index contributed by atoms with van der Waals surface area (Å²) in [4.78, 5) is 13.4. The molecule has 5 nitrogen and oxygen atoms in total. The van der Waals surface area contributed by atoms with Gasteiger partial charge in [-0.05, 0) is 41.2 Å². The molecule has 108 valence electrons. The lowest BCUT2D eigenvalue weighted by Crippen LogP contribution is -2.18. The minimum absolute atomic E-state index is 0.234. The van der Waals surface area contributed by atoms with Gasteiger partial charge in [-0.15, -0.1) is 0 Å². The summed E-state index contributed by atoms with van der Waals surface area (Å²) in [5, 5.41) is 0. The fourth-order valence-corrected chi connectivity index (χ4v) is 2.57. The molecular weight excluding hydrogens is 324 g/mol. The van der Waals surface area contributed by atoms with Gasteiger partial charge >= 0.3 is 5.97 Å². The summed E-state index contributed by atoms with van der Waals surface area (Å²) in [7, 11) is 5.35. The molecule has 0 atom stereocenters. The number of hydrogen-bond donors (Lipinski definition) is 0. The number of methoxy groups -OCH3 is 1. The van der Waals surface area contributed by atoms with E-state index in [1.807, 2.05) is 20.3 Å². The number of furan rings is 1. The molecule has 2 aromatic rings. The summed E-state index contributed by atoms with van der Waals surface area (Å²) in [6.07, 6.45) is 2.02. The number of aromatic nitrogens is 1. The molecule has 0 fully saturated rings. The first kappa shape index (κ1) is 14.9. The zero-order valence-corrected chi connectivity index (χ0v) is 13.3. The maximum Gasteiger partial charge on any atom is 0.373 e. The van der Waals surface area contributed by atoms with Crippen molar-refractivity contribution in [3.05, 3.63) is 46.1 Å². The van der Waals surface area contributed by atoms with Crippen LogP contribution in [0.3, 0.4) is 0 Å². The number of halogens is 1. The van der Waals surface area contributed by atoms with Crippen LogP contribution in [0.2, 0.25) is 0 Å². The van der Waals surface area contributed by atoms with Gasteiger partial charge in [0.1, 0.15) is 5.76 Å². The second-order valence-corrected chi connectivity index (χ2v) is 5.61. The Morgan fingerprint density at radius 3 is 2.80 bits per heavy atom. The zero-order chi connectivity index (χ0) is 14.7. The Bertz CT molecular complexity index is 603. The Balaban J connectivity index is 1.97. The average Bonchev–Trinajstić information content (AvgIpc) is 2.96. The predicted octanol–water partition coefficient (Wildman–Crippen LogP) is 2.80. The predicted molar refractivity (Wildman–Crippen MR) is 78.3 cm³/mol. The van der Waals surface area contributed by atoms with Gasteiger partial charge in [0, 0.05) is 30.0 Å². The molecule has 2 heterocycles. The highest BCUT2D eigenvalue weighted by Crippen LogP contribution is 2.16. The van der Waals surface area contributed by atoms with Crippen LogP contribution in [0.25, 0.3) is 0 Å². The van der Waals surface area contributed by atoms with Crippen molar-refractivity contribution < 1.29 is 13.9 Å². The van der Waals surface area contributed by atoms with Gasteiger partial charge in [0.2, 0.25) is 5.76 Å². The molecule has 0 aliphatic carbocycles. The summed E-state index contributed by atoms with van der Waals surface area (Å²) >= 11 is 3.46.